The zero-order valence-corrected chi connectivity index (χ0v) is 17.9. The number of nitrogens with one attached hydrogen (secondary N) is 2. The van der Waals surface area contributed by atoms with Crippen LogP contribution in [0, 0.1) is 11.8 Å². The second-order valence-corrected chi connectivity index (χ2v) is 8.24. The number of carbonyl (C=O) groups excluding carboxylic acids is 3. The molecule has 3 amide bonds. The fraction of sp³-hybridized carbons (Fsp3) is 0.591. The van der Waals surface area contributed by atoms with E-state index in [0.717, 1.165) is 5.56 Å². The number of likely N-dealkylation sites (tertiary alicyclic amines) is 1. The highest BCUT2D eigenvalue weighted by Crippen LogP contribution is 2.19. The lowest BCUT2D eigenvalue weighted by atomic mass is 9.94. The standard InChI is InChI=1S/C22H34N4O3/c1-14(2)19(23)22(29)26-12-10-18(11-13-26)21(28)25-16(4)20(27)24-15(3)17-8-6-5-7-9-17/h5-9,14-16,18-19H,10-13,23H2,1-4H3,(H,24,27)(H,25,28)/t15?,16-,19-/m0/s1. The molecule has 1 aromatic rings. The molecule has 7 heteroatoms. The van der Waals surface area contributed by atoms with E-state index in [-0.39, 0.29) is 35.6 Å². The monoisotopic (exact) mass is 402 g/mol. The quantitative estimate of drug-likeness (QED) is 0.644. The topological polar surface area (TPSA) is 105 Å². The van der Waals surface area contributed by atoms with Crippen LogP contribution in [0.15, 0.2) is 30.3 Å². The Kier molecular flexibility index (Phi) is 8.20. The van der Waals surface area contributed by atoms with Crippen molar-refractivity contribution in [1.82, 2.24) is 15.5 Å². The van der Waals surface area contributed by atoms with Gasteiger partial charge in [-0.2, -0.15) is 0 Å². The number of carbonyl (C=O) groups is 3. The first-order chi connectivity index (χ1) is 13.7. The first kappa shape index (κ1) is 22.9. The molecule has 160 valence electrons. The first-order valence-corrected chi connectivity index (χ1v) is 10.4. The Morgan fingerprint density at radius 2 is 1.59 bits per heavy atom. The number of amides is 3. The second-order valence-electron chi connectivity index (χ2n) is 8.24. The highest BCUT2D eigenvalue weighted by Gasteiger charge is 2.31. The van der Waals surface area contributed by atoms with Gasteiger partial charge in [0, 0.05) is 19.0 Å². The van der Waals surface area contributed by atoms with Gasteiger partial charge < -0.3 is 21.3 Å². The summed E-state index contributed by atoms with van der Waals surface area (Å²) in [5.74, 6) is -0.524. The van der Waals surface area contributed by atoms with Crippen molar-refractivity contribution in [2.45, 2.75) is 58.7 Å². The van der Waals surface area contributed by atoms with E-state index in [1.54, 1.807) is 11.8 Å². The molecule has 1 aliphatic heterocycles. The van der Waals surface area contributed by atoms with Gasteiger partial charge in [-0.3, -0.25) is 14.4 Å². The van der Waals surface area contributed by atoms with Crippen molar-refractivity contribution in [3.05, 3.63) is 35.9 Å². The number of nitrogens with two attached hydrogens (primary N) is 1. The van der Waals surface area contributed by atoms with Gasteiger partial charge in [0.1, 0.15) is 6.04 Å². The van der Waals surface area contributed by atoms with Crippen molar-refractivity contribution in [3.8, 4) is 0 Å². The molecule has 1 heterocycles. The molecule has 7 nitrogen and oxygen atoms in total. The molecule has 0 saturated carbocycles. The Labute approximate surface area is 173 Å². The lowest BCUT2D eigenvalue weighted by Gasteiger charge is -2.34. The Morgan fingerprint density at radius 3 is 2.14 bits per heavy atom. The number of piperidine rings is 1. The van der Waals surface area contributed by atoms with E-state index in [1.807, 2.05) is 51.1 Å². The minimum absolute atomic E-state index is 0.0542. The van der Waals surface area contributed by atoms with Gasteiger partial charge in [-0.05, 0) is 38.2 Å². The van der Waals surface area contributed by atoms with Crippen LogP contribution in [-0.4, -0.2) is 47.8 Å². The predicted octanol–water partition coefficient (Wildman–Crippen LogP) is 1.59. The predicted molar refractivity (Wildman–Crippen MR) is 113 cm³/mol. The van der Waals surface area contributed by atoms with Crippen LogP contribution in [0.25, 0.3) is 0 Å². The summed E-state index contributed by atoms with van der Waals surface area (Å²) in [6, 6.07) is 8.42. The van der Waals surface area contributed by atoms with Crippen LogP contribution in [0.3, 0.4) is 0 Å². The Hall–Kier alpha value is -2.41. The molecule has 2 rings (SSSR count). The third-order valence-corrected chi connectivity index (χ3v) is 5.59. The summed E-state index contributed by atoms with van der Waals surface area (Å²) in [6.45, 7) is 8.48. The van der Waals surface area contributed by atoms with Gasteiger partial charge in [0.2, 0.25) is 17.7 Å². The Morgan fingerprint density at radius 1 is 1.00 bits per heavy atom. The second kappa shape index (κ2) is 10.4. The van der Waals surface area contributed by atoms with Gasteiger partial charge in [-0.15, -0.1) is 0 Å². The van der Waals surface area contributed by atoms with Crippen LogP contribution >= 0.6 is 0 Å². The normalized spacial score (nSPS) is 18.1. The average molecular weight is 403 g/mol. The van der Waals surface area contributed by atoms with Crippen molar-refractivity contribution in [2.24, 2.45) is 17.6 Å². The van der Waals surface area contributed by atoms with Crippen LogP contribution in [-0.2, 0) is 14.4 Å². The minimum atomic E-state index is -0.623. The van der Waals surface area contributed by atoms with Gasteiger partial charge in [0.25, 0.3) is 0 Å². The maximum Gasteiger partial charge on any atom is 0.242 e. The molecule has 1 aromatic carbocycles. The fourth-order valence-electron chi connectivity index (χ4n) is 3.42. The van der Waals surface area contributed by atoms with E-state index in [9.17, 15) is 14.4 Å². The van der Waals surface area contributed by atoms with Gasteiger partial charge in [0.15, 0.2) is 0 Å². The molecule has 0 radical (unpaired) electrons. The van der Waals surface area contributed by atoms with E-state index in [0.29, 0.717) is 25.9 Å². The van der Waals surface area contributed by atoms with Gasteiger partial charge in [-0.25, -0.2) is 0 Å². The van der Waals surface area contributed by atoms with Crippen LogP contribution in [0.4, 0.5) is 0 Å². The molecule has 3 atom stereocenters. The zero-order chi connectivity index (χ0) is 21.6. The third-order valence-electron chi connectivity index (χ3n) is 5.59. The maximum absolute atomic E-state index is 12.6. The molecular weight excluding hydrogens is 368 g/mol. The summed E-state index contributed by atoms with van der Waals surface area (Å²) < 4.78 is 0. The zero-order valence-electron chi connectivity index (χ0n) is 17.9. The summed E-state index contributed by atoms with van der Waals surface area (Å²) in [5, 5.41) is 5.74. The molecule has 0 spiro atoms. The number of benzene rings is 1. The molecule has 1 saturated heterocycles. The highest BCUT2D eigenvalue weighted by molar-refractivity contribution is 5.88. The molecule has 4 N–H and O–H groups in total. The number of rotatable bonds is 7. The molecule has 1 unspecified atom stereocenters. The van der Waals surface area contributed by atoms with Crippen molar-refractivity contribution in [1.29, 1.82) is 0 Å². The molecular formula is C22H34N4O3. The van der Waals surface area contributed by atoms with Crippen LogP contribution in [0.1, 0.15) is 52.1 Å². The third kappa shape index (κ3) is 6.29. The average Bonchev–Trinajstić information content (AvgIpc) is 2.73. The number of hydrogen-bond donors (Lipinski definition) is 3. The van der Waals surface area contributed by atoms with Crippen LogP contribution in [0.5, 0.6) is 0 Å². The van der Waals surface area contributed by atoms with E-state index < -0.39 is 12.1 Å². The molecule has 1 aliphatic rings. The van der Waals surface area contributed by atoms with Crippen LogP contribution in [0.2, 0.25) is 0 Å². The Balaban J connectivity index is 1.80. The maximum atomic E-state index is 12.6. The summed E-state index contributed by atoms with van der Waals surface area (Å²) in [5.41, 5.74) is 6.96. The van der Waals surface area contributed by atoms with Crippen molar-refractivity contribution in [3.63, 3.8) is 0 Å². The van der Waals surface area contributed by atoms with Crippen molar-refractivity contribution in [2.75, 3.05) is 13.1 Å². The lowest BCUT2D eigenvalue weighted by Crippen LogP contribution is -2.52. The van der Waals surface area contributed by atoms with E-state index >= 15 is 0 Å². The van der Waals surface area contributed by atoms with Crippen LogP contribution < -0.4 is 16.4 Å². The summed E-state index contributed by atoms with van der Waals surface area (Å²) >= 11 is 0. The summed E-state index contributed by atoms with van der Waals surface area (Å²) in [6.07, 6.45) is 1.16. The van der Waals surface area contributed by atoms with Gasteiger partial charge in [-0.1, -0.05) is 44.2 Å². The van der Waals surface area contributed by atoms with Crippen molar-refractivity contribution < 1.29 is 14.4 Å². The van der Waals surface area contributed by atoms with E-state index in [4.69, 9.17) is 5.73 Å². The highest BCUT2D eigenvalue weighted by atomic mass is 16.2. The summed E-state index contributed by atoms with van der Waals surface area (Å²) in [4.78, 5) is 39.1. The Bertz CT molecular complexity index is 699. The van der Waals surface area contributed by atoms with E-state index in [1.165, 1.54) is 0 Å². The van der Waals surface area contributed by atoms with E-state index in [2.05, 4.69) is 10.6 Å². The van der Waals surface area contributed by atoms with Gasteiger partial charge in [0.05, 0.1) is 12.1 Å². The first-order valence-electron chi connectivity index (χ1n) is 10.4. The SMILES string of the molecule is CC(NC(=O)[C@H](C)NC(=O)C1CCN(C(=O)[C@@H](N)C(C)C)CC1)c1ccccc1. The smallest absolute Gasteiger partial charge is 0.242 e. The minimum Gasteiger partial charge on any atom is -0.348 e. The lowest BCUT2D eigenvalue weighted by molar-refractivity contribution is -0.138. The van der Waals surface area contributed by atoms with Gasteiger partial charge >= 0.3 is 0 Å². The molecule has 0 aromatic heterocycles. The number of nitrogens with zero attached hydrogens (tertiary/aromatic N) is 1. The fourth-order valence-corrected chi connectivity index (χ4v) is 3.42. The molecule has 0 aliphatic carbocycles. The van der Waals surface area contributed by atoms with Crippen molar-refractivity contribution >= 4 is 17.7 Å². The molecule has 0 bridgehead atoms. The largest absolute Gasteiger partial charge is 0.348 e. The summed E-state index contributed by atoms with van der Waals surface area (Å²) in [7, 11) is 0. The molecule has 29 heavy (non-hydrogen) atoms. The molecule has 1 fully saturated rings. The number of hydrogen-bond acceptors (Lipinski definition) is 4.